The molecule has 0 saturated carbocycles. The SMILES string of the molecule is O=C(c1ccc2c(c1)N(Cc1ccccc1)C(=O)c1ccccc1S2=O)N1CCCC1. The fourth-order valence-corrected chi connectivity index (χ4v) is 5.57. The van der Waals surface area contributed by atoms with E-state index in [2.05, 4.69) is 0 Å². The minimum Gasteiger partial charge on any atom is -0.339 e. The number of hydrogen-bond acceptors (Lipinski definition) is 3. The Morgan fingerprint density at radius 2 is 1.58 bits per heavy atom. The van der Waals surface area contributed by atoms with E-state index >= 15 is 0 Å². The standard InChI is InChI=1S/C25H22N2O3S/c28-24(26-14-6-7-15-26)19-12-13-23-21(16-19)27(17-18-8-2-1-3-9-18)25(29)20-10-4-5-11-22(20)31(23)30/h1-5,8-13,16H,6-7,14-15,17H2. The molecule has 3 aromatic rings. The molecule has 5 nitrogen and oxygen atoms in total. The maximum Gasteiger partial charge on any atom is 0.259 e. The Kier molecular flexibility index (Phi) is 5.16. The van der Waals surface area contributed by atoms with Gasteiger partial charge in [-0.3, -0.25) is 9.59 Å². The van der Waals surface area contributed by atoms with Crippen molar-refractivity contribution in [2.24, 2.45) is 0 Å². The van der Waals surface area contributed by atoms with Crippen molar-refractivity contribution in [3.8, 4) is 0 Å². The van der Waals surface area contributed by atoms with Gasteiger partial charge in [0.15, 0.2) is 0 Å². The zero-order valence-electron chi connectivity index (χ0n) is 17.0. The topological polar surface area (TPSA) is 57.7 Å². The lowest BCUT2D eigenvalue weighted by Gasteiger charge is -2.24. The van der Waals surface area contributed by atoms with Crippen molar-refractivity contribution in [1.82, 2.24) is 4.90 Å². The van der Waals surface area contributed by atoms with Crippen LogP contribution in [0.3, 0.4) is 0 Å². The molecule has 31 heavy (non-hydrogen) atoms. The first-order chi connectivity index (χ1) is 15.1. The van der Waals surface area contributed by atoms with Crippen LogP contribution in [0, 0.1) is 0 Å². The molecule has 1 unspecified atom stereocenters. The van der Waals surface area contributed by atoms with Gasteiger partial charge in [-0.25, -0.2) is 4.21 Å². The maximum atomic E-state index is 13.6. The third-order valence-corrected chi connectivity index (χ3v) is 7.34. The minimum absolute atomic E-state index is 0.0417. The average molecular weight is 431 g/mol. The molecular weight excluding hydrogens is 408 g/mol. The van der Waals surface area contributed by atoms with Gasteiger partial charge in [0.1, 0.15) is 0 Å². The highest BCUT2D eigenvalue weighted by molar-refractivity contribution is 7.85. The van der Waals surface area contributed by atoms with Crippen LogP contribution >= 0.6 is 0 Å². The number of nitrogens with zero attached hydrogens (tertiary/aromatic N) is 2. The summed E-state index contributed by atoms with van der Waals surface area (Å²) >= 11 is 0. The quantitative estimate of drug-likeness (QED) is 0.624. The summed E-state index contributed by atoms with van der Waals surface area (Å²) in [5.41, 5.74) is 2.45. The Labute approximate surface area is 183 Å². The molecule has 2 heterocycles. The number of rotatable bonds is 3. The van der Waals surface area contributed by atoms with Crippen LogP contribution in [0.4, 0.5) is 5.69 Å². The van der Waals surface area contributed by atoms with Gasteiger partial charge in [-0.15, -0.1) is 0 Å². The monoisotopic (exact) mass is 430 g/mol. The summed E-state index contributed by atoms with van der Waals surface area (Å²) in [4.78, 5) is 31.1. The van der Waals surface area contributed by atoms with E-state index in [0.717, 1.165) is 31.5 Å². The summed E-state index contributed by atoms with van der Waals surface area (Å²) in [5, 5.41) is 0. The van der Waals surface area contributed by atoms with Crippen LogP contribution in [-0.2, 0) is 17.3 Å². The number of benzene rings is 3. The normalized spacial score (nSPS) is 17.8. The minimum atomic E-state index is -1.52. The molecule has 3 aromatic carbocycles. The predicted molar refractivity (Wildman–Crippen MR) is 120 cm³/mol. The molecule has 2 aliphatic heterocycles. The van der Waals surface area contributed by atoms with Crippen LogP contribution in [0.5, 0.6) is 0 Å². The van der Waals surface area contributed by atoms with Crippen molar-refractivity contribution in [1.29, 1.82) is 0 Å². The lowest BCUT2D eigenvalue weighted by molar-refractivity contribution is 0.0792. The van der Waals surface area contributed by atoms with Crippen LogP contribution < -0.4 is 4.90 Å². The first-order valence-electron chi connectivity index (χ1n) is 10.4. The smallest absolute Gasteiger partial charge is 0.259 e. The third kappa shape index (κ3) is 3.57. The van der Waals surface area contributed by atoms with E-state index < -0.39 is 10.8 Å². The Hall–Kier alpha value is -3.25. The van der Waals surface area contributed by atoms with Crippen LogP contribution in [0.25, 0.3) is 0 Å². The summed E-state index contributed by atoms with van der Waals surface area (Å²) in [6.07, 6.45) is 2.02. The second kappa shape index (κ2) is 8.12. The lowest BCUT2D eigenvalue weighted by Crippen LogP contribution is -2.31. The van der Waals surface area contributed by atoms with E-state index in [1.807, 2.05) is 35.2 Å². The van der Waals surface area contributed by atoms with Crippen molar-refractivity contribution in [2.75, 3.05) is 18.0 Å². The fraction of sp³-hybridized carbons (Fsp3) is 0.200. The van der Waals surface area contributed by atoms with Gasteiger partial charge < -0.3 is 9.80 Å². The molecule has 1 fully saturated rings. The molecule has 2 amide bonds. The maximum absolute atomic E-state index is 13.6. The molecule has 1 saturated heterocycles. The highest BCUT2D eigenvalue weighted by atomic mass is 32.2. The fourth-order valence-electron chi connectivity index (χ4n) is 4.22. The Balaban J connectivity index is 1.65. The van der Waals surface area contributed by atoms with E-state index in [4.69, 9.17) is 0 Å². The van der Waals surface area contributed by atoms with E-state index in [0.29, 0.717) is 33.2 Å². The van der Waals surface area contributed by atoms with Crippen molar-refractivity contribution >= 4 is 28.3 Å². The van der Waals surface area contributed by atoms with Gasteiger partial charge >= 0.3 is 0 Å². The number of hydrogen-bond donors (Lipinski definition) is 0. The summed E-state index contributed by atoms with van der Waals surface area (Å²) in [7, 11) is -1.52. The number of carbonyl (C=O) groups excluding carboxylic acids is 2. The molecule has 5 rings (SSSR count). The number of carbonyl (C=O) groups is 2. The summed E-state index contributed by atoms with van der Waals surface area (Å²) in [6, 6.07) is 21.9. The lowest BCUT2D eigenvalue weighted by atomic mass is 10.1. The van der Waals surface area contributed by atoms with Crippen LogP contribution in [0.15, 0.2) is 82.6 Å². The van der Waals surface area contributed by atoms with E-state index in [1.54, 1.807) is 47.4 Å². The zero-order valence-corrected chi connectivity index (χ0v) is 17.8. The van der Waals surface area contributed by atoms with Gasteiger partial charge in [0.2, 0.25) is 0 Å². The van der Waals surface area contributed by atoms with Crippen molar-refractivity contribution in [3.63, 3.8) is 0 Å². The molecule has 0 bridgehead atoms. The van der Waals surface area contributed by atoms with Crippen LogP contribution in [-0.4, -0.2) is 34.0 Å². The third-order valence-electron chi connectivity index (χ3n) is 5.84. The summed E-state index contributed by atoms with van der Waals surface area (Å²) in [6.45, 7) is 1.83. The Bertz CT molecular complexity index is 1190. The molecule has 0 aliphatic carbocycles. The molecule has 2 aliphatic rings. The summed E-state index contributed by atoms with van der Waals surface area (Å²) in [5.74, 6) is -0.253. The average Bonchev–Trinajstić information content (AvgIpc) is 3.34. The summed E-state index contributed by atoms with van der Waals surface area (Å²) < 4.78 is 13.4. The number of anilines is 1. The van der Waals surface area contributed by atoms with Crippen molar-refractivity contribution < 1.29 is 13.8 Å². The molecular formula is C25H22N2O3S. The zero-order chi connectivity index (χ0) is 21.4. The van der Waals surface area contributed by atoms with Crippen LogP contribution in [0.1, 0.15) is 39.1 Å². The largest absolute Gasteiger partial charge is 0.339 e. The van der Waals surface area contributed by atoms with E-state index in [1.165, 1.54) is 0 Å². The van der Waals surface area contributed by atoms with Gasteiger partial charge in [0, 0.05) is 18.7 Å². The van der Waals surface area contributed by atoms with Crippen molar-refractivity contribution in [3.05, 3.63) is 89.5 Å². The number of likely N-dealkylation sites (tertiary alicyclic amines) is 1. The van der Waals surface area contributed by atoms with Gasteiger partial charge in [-0.05, 0) is 48.7 Å². The first-order valence-corrected chi connectivity index (χ1v) is 11.6. The Morgan fingerprint density at radius 3 is 2.35 bits per heavy atom. The van der Waals surface area contributed by atoms with Gasteiger partial charge in [0.05, 0.1) is 38.4 Å². The molecule has 0 radical (unpaired) electrons. The second-order valence-corrected chi connectivity index (χ2v) is 9.24. The molecule has 0 spiro atoms. The molecule has 156 valence electrons. The van der Waals surface area contributed by atoms with Gasteiger partial charge in [-0.1, -0.05) is 42.5 Å². The molecule has 0 aromatic heterocycles. The number of fused-ring (bicyclic) bond motifs is 2. The van der Waals surface area contributed by atoms with Crippen molar-refractivity contribution in [2.45, 2.75) is 29.2 Å². The first kappa shape index (κ1) is 19.7. The van der Waals surface area contributed by atoms with E-state index in [9.17, 15) is 13.8 Å². The van der Waals surface area contributed by atoms with Gasteiger partial charge in [0.25, 0.3) is 11.8 Å². The highest BCUT2D eigenvalue weighted by Gasteiger charge is 2.32. The molecule has 1 atom stereocenters. The highest BCUT2D eigenvalue weighted by Crippen LogP contribution is 2.36. The second-order valence-electron chi connectivity index (χ2n) is 7.82. The molecule has 0 N–H and O–H groups in total. The Morgan fingerprint density at radius 1 is 0.871 bits per heavy atom. The van der Waals surface area contributed by atoms with Crippen LogP contribution in [0.2, 0.25) is 0 Å². The molecule has 6 heteroatoms. The number of amides is 2. The van der Waals surface area contributed by atoms with Gasteiger partial charge in [-0.2, -0.15) is 0 Å². The predicted octanol–water partition coefficient (Wildman–Crippen LogP) is 4.25. The van der Waals surface area contributed by atoms with E-state index in [-0.39, 0.29) is 11.8 Å².